The molecule has 3 nitrogen and oxygen atoms in total. The molecule has 0 bridgehead atoms. The van der Waals surface area contributed by atoms with Crippen LogP contribution in [0.15, 0.2) is 48.5 Å². The van der Waals surface area contributed by atoms with Crippen LogP contribution in [-0.4, -0.2) is 10.1 Å². The van der Waals surface area contributed by atoms with Crippen molar-refractivity contribution in [3.63, 3.8) is 0 Å². The number of benzene rings is 2. The number of nitrogens with one attached hydrogen (secondary N) is 1. The Kier molecular flexibility index (Phi) is 2.86. The lowest BCUT2D eigenvalue weighted by Gasteiger charge is -2.05. The number of anilines is 1. The number of phenolic OH excluding ortho intramolecular Hbond substituents is 1. The molecule has 0 aliphatic heterocycles. The van der Waals surface area contributed by atoms with Gasteiger partial charge in [-0.1, -0.05) is 24.3 Å². The highest BCUT2D eigenvalue weighted by atomic mass is 32.1. The van der Waals surface area contributed by atoms with E-state index >= 15 is 0 Å². The number of aromatic nitrogens is 1. The topological polar surface area (TPSA) is 45.1 Å². The summed E-state index contributed by atoms with van der Waals surface area (Å²) >= 11 is 1.67. The van der Waals surface area contributed by atoms with Crippen LogP contribution in [-0.2, 0) is 6.54 Å². The first-order valence-corrected chi connectivity index (χ1v) is 6.51. The fraction of sp³-hybridized carbons (Fsp3) is 0.0714. The number of hydrogen-bond acceptors (Lipinski definition) is 4. The predicted molar refractivity (Wildman–Crippen MR) is 75.1 cm³/mol. The molecule has 1 aromatic heterocycles. The lowest BCUT2D eigenvalue weighted by molar-refractivity contribution is 0.477. The second kappa shape index (κ2) is 4.66. The van der Waals surface area contributed by atoms with Gasteiger partial charge < -0.3 is 10.4 Å². The van der Waals surface area contributed by atoms with Gasteiger partial charge in [-0.3, -0.25) is 0 Å². The van der Waals surface area contributed by atoms with Crippen molar-refractivity contribution in [2.75, 3.05) is 5.32 Å². The third-order valence-electron chi connectivity index (χ3n) is 2.67. The molecule has 2 aromatic carbocycles. The standard InChI is InChI=1S/C14H12N2OS/c17-12-7-3-1-5-10(12)15-9-14-16-11-6-2-4-8-13(11)18-14/h1-8,15,17H,9H2. The molecule has 0 aliphatic carbocycles. The molecule has 3 aromatic rings. The lowest BCUT2D eigenvalue weighted by atomic mass is 10.3. The van der Waals surface area contributed by atoms with Gasteiger partial charge in [0, 0.05) is 0 Å². The highest BCUT2D eigenvalue weighted by Gasteiger charge is 2.04. The normalized spacial score (nSPS) is 10.7. The first-order chi connectivity index (χ1) is 8.83. The van der Waals surface area contributed by atoms with Crippen LogP contribution < -0.4 is 5.32 Å². The molecule has 0 saturated carbocycles. The maximum atomic E-state index is 9.65. The highest BCUT2D eigenvalue weighted by Crippen LogP contribution is 2.25. The zero-order chi connectivity index (χ0) is 12.4. The Hall–Kier alpha value is -2.07. The van der Waals surface area contributed by atoms with Crippen LogP contribution in [0, 0.1) is 0 Å². The molecular formula is C14H12N2OS. The third kappa shape index (κ3) is 2.15. The zero-order valence-electron chi connectivity index (χ0n) is 9.63. The molecule has 0 fully saturated rings. The Labute approximate surface area is 109 Å². The first kappa shape index (κ1) is 11.0. The van der Waals surface area contributed by atoms with E-state index < -0.39 is 0 Å². The monoisotopic (exact) mass is 256 g/mol. The largest absolute Gasteiger partial charge is 0.506 e. The second-order valence-electron chi connectivity index (χ2n) is 3.95. The summed E-state index contributed by atoms with van der Waals surface area (Å²) in [5.41, 5.74) is 1.76. The molecule has 1 heterocycles. The van der Waals surface area contributed by atoms with Crippen molar-refractivity contribution in [3.05, 3.63) is 53.5 Å². The van der Waals surface area contributed by atoms with Crippen LogP contribution in [0.5, 0.6) is 5.75 Å². The van der Waals surface area contributed by atoms with E-state index in [2.05, 4.69) is 16.4 Å². The van der Waals surface area contributed by atoms with Crippen LogP contribution in [0.1, 0.15) is 5.01 Å². The Morgan fingerprint density at radius 1 is 1.06 bits per heavy atom. The minimum absolute atomic E-state index is 0.263. The van der Waals surface area contributed by atoms with Crippen molar-refractivity contribution in [1.82, 2.24) is 4.98 Å². The maximum Gasteiger partial charge on any atom is 0.138 e. The number of thiazole rings is 1. The molecule has 0 saturated heterocycles. The average Bonchev–Trinajstić information content (AvgIpc) is 2.80. The number of phenols is 1. The van der Waals surface area contributed by atoms with Crippen LogP contribution in [0.3, 0.4) is 0 Å². The van der Waals surface area contributed by atoms with Crippen molar-refractivity contribution >= 4 is 27.2 Å². The summed E-state index contributed by atoms with van der Waals surface area (Å²) in [6.45, 7) is 0.622. The number of aromatic hydroxyl groups is 1. The predicted octanol–water partition coefficient (Wildman–Crippen LogP) is 3.61. The minimum Gasteiger partial charge on any atom is -0.506 e. The van der Waals surface area contributed by atoms with E-state index in [1.54, 1.807) is 23.5 Å². The molecule has 0 aliphatic rings. The summed E-state index contributed by atoms with van der Waals surface area (Å²) in [5.74, 6) is 0.263. The van der Waals surface area contributed by atoms with E-state index in [1.165, 1.54) is 4.70 Å². The molecule has 0 amide bonds. The average molecular weight is 256 g/mol. The number of rotatable bonds is 3. The van der Waals surface area contributed by atoms with Gasteiger partial charge in [0.15, 0.2) is 0 Å². The molecule has 0 atom stereocenters. The molecule has 0 spiro atoms. The lowest BCUT2D eigenvalue weighted by Crippen LogP contribution is -1.98. The Morgan fingerprint density at radius 3 is 2.67 bits per heavy atom. The Balaban J connectivity index is 1.79. The Morgan fingerprint density at radius 2 is 1.83 bits per heavy atom. The summed E-state index contributed by atoms with van der Waals surface area (Å²) in [4.78, 5) is 4.53. The number of para-hydroxylation sites is 3. The van der Waals surface area contributed by atoms with E-state index in [0.717, 1.165) is 16.2 Å². The van der Waals surface area contributed by atoms with E-state index in [9.17, 15) is 5.11 Å². The fourth-order valence-corrected chi connectivity index (χ4v) is 2.70. The van der Waals surface area contributed by atoms with E-state index in [1.807, 2.05) is 30.3 Å². The molecule has 18 heavy (non-hydrogen) atoms. The van der Waals surface area contributed by atoms with Crippen LogP contribution in [0.25, 0.3) is 10.2 Å². The second-order valence-corrected chi connectivity index (χ2v) is 5.06. The van der Waals surface area contributed by atoms with Crippen LogP contribution in [0.2, 0.25) is 0 Å². The molecular weight excluding hydrogens is 244 g/mol. The zero-order valence-corrected chi connectivity index (χ0v) is 10.4. The summed E-state index contributed by atoms with van der Waals surface area (Å²) in [6.07, 6.45) is 0. The van der Waals surface area contributed by atoms with Gasteiger partial charge in [-0.25, -0.2) is 4.98 Å². The van der Waals surface area contributed by atoms with Gasteiger partial charge in [-0.15, -0.1) is 11.3 Å². The van der Waals surface area contributed by atoms with Gasteiger partial charge in [-0.05, 0) is 24.3 Å². The first-order valence-electron chi connectivity index (χ1n) is 5.69. The molecule has 90 valence electrons. The van der Waals surface area contributed by atoms with Gasteiger partial charge in [0.25, 0.3) is 0 Å². The van der Waals surface area contributed by atoms with Gasteiger partial charge >= 0.3 is 0 Å². The van der Waals surface area contributed by atoms with E-state index in [4.69, 9.17) is 0 Å². The number of nitrogens with zero attached hydrogens (tertiary/aromatic N) is 1. The fourth-order valence-electron chi connectivity index (χ4n) is 1.79. The third-order valence-corrected chi connectivity index (χ3v) is 3.71. The van der Waals surface area contributed by atoms with Gasteiger partial charge in [-0.2, -0.15) is 0 Å². The molecule has 3 rings (SSSR count). The number of fused-ring (bicyclic) bond motifs is 1. The number of hydrogen-bond donors (Lipinski definition) is 2. The molecule has 0 radical (unpaired) electrons. The summed E-state index contributed by atoms with van der Waals surface area (Å²) in [6, 6.07) is 15.3. The minimum atomic E-state index is 0.263. The van der Waals surface area contributed by atoms with Crippen LogP contribution in [0.4, 0.5) is 5.69 Å². The van der Waals surface area contributed by atoms with Crippen molar-refractivity contribution in [2.45, 2.75) is 6.54 Å². The maximum absolute atomic E-state index is 9.65. The van der Waals surface area contributed by atoms with Gasteiger partial charge in [0.1, 0.15) is 10.8 Å². The van der Waals surface area contributed by atoms with E-state index in [-0.39, 0.29) is 5.75 Å². The molecule has 0 unspecified atom stereocenters. The smallest absolute Gasteiger partial charge is 0.138 e. The highest BCUT2D eigenvalue weighted by molar-refractivity contribution is 7.18. The molecule has 2 N–H and O–H groups in total. The molecule has 4 heteroatoms. The quantitative estimate of drug-likeness (QED) is 0.704. The summed E-state index contributed by atoms with van der Waals surface area (Å²) in [7, 11) is 0. The van der Waals surface area contributed by atoms with Gasteiger partial charge in [0.05, 0.1) is 22.4 Å². The van der Waals surface area contributed by atoms with Crippen molar-refractivity contribution in [2.24, 2.45) is 0 Å². The van der Waals surface area contributed by atoms with Crippen molar-refractivity contribution in [3.8, 4) is 5.75 Å². The van der Waals surface area contributed by atoms with Crippen molar-refractivity contribution in [1.29, 1.82) is 0 Å². The van der Waals surface area contributed by atoms with E-state index in [0.29, 0.717) is 6.54 Å². The van der Waals surface area contributed by atoms with Gasteiger partial charge in [0.2, 0.25) is 0 Å². The van der Waals surface area contributed by atoms with Crippen molar-refractivity contribution < 1.29 is 5.11 Å². The van der Waals surface area contributed by atoms with Crippen LogP contribution >= 0.6 is 11.3 Å². The SMILES string of the molecule is Oc1ccccc1NCc1nc2ccccc2s1. The summed E-state index contributed by atoms with van der Waals surface area (Å²) in [5, 5.41) is 13.9. The Bertz CT molecular complexity index is 645. The summed E-state index contributed by atoms with van der Waals surface area (Å²) < 4.78 is 1.19.